The Morgan fingerprint density at radius 1 is 0.264 bits per heavy atom. The Kier molecular flexibility index (Phi) is 36.8. The Morgan fingerprint density at radius 3 is 0.660 bits per heavy atom. The smallest absolute Gasteiger partial charge is 0.118 e. The van der Waals surface area contributed by atoms with Gasteiger partial charge < -0.3 is 10.2 Å². The van der Waals surface area contributed by atoms with E-state index in [9.17, 15) is 10.2 Å². The summed E-state index contributed by atoms with van der Waals surface area (Å²) in [7, 11) is 0. The van der Waals surface area contributed by atoms with Crippen LogP contribution in [0.4, 0.5) is 0 Å². The Bertz CT molecular complexity index is 999. The van der Waals surface area contributed by atoms with Crippen molar-refractivity contribution in [3.8, 4) is 11.5 Å². The second-order valence-electron chi connectivity index (χ2n) is 16.4. The fourth-order valence-corrected chi connectivity index (χ4v) is 7.70. The summed E-state index contributed by atoms with van der Waals surface area (Å²) in [5, 5.41) is 19.5. The first-order valence-electron chi connectivity index (χ1n) is 23.7. The SMILES string of the molecule is CCCCCCCCCCCCCCCCCCCCc1ccccc1O.CCCCCCCCCCCCCCCCCCCc1ccccc1O. The summed E-state index contributed by atoms with van der Waals surface area (Å²) in [6.45, 7) is 4.58. The van der Waals surface area contributed by atoms with E-state index in [4.69, 9.17) is 0 Å². The van der Waals surface area contributed by atoms with E-state index in [0.717, 1.165) is 24.0 Å². The van der Waals surface area contributed by atoms with Crippen LogP contribution in [0.5, 0.6) is 11.5 Å². The van der Waals surface area contributed by atoms with Gasteiger partial charge in [-0.25, -0.2) is 0 Å². The van der Waals surface area contributed by atoms with Crippen LogP contribution in [0.1, 0.15) is 250 Å². The maximum atomic E-state index is 9.75. The molecule has 306 valence electrons. The topological polar surface area (TPSA) is 40.5 Å². The molecule has 0 aliphatic carbocycles. The van der Waals surface area contributed by atoms with E-state index in [1.54, 1.807) is 12.1 Å². The molecule has 2 N–H and O–H groups in total. The van der Waals surface area contributed by atoms with E-state index in [0.29, 0.717) is 11.5 Å². The van der Waals surface area contributed by atoms with Crippen LogP contribution < -0.4 is 0 Å². The highest BCUT2D eigenvalue weighted by Gasteiger charge is 2.01. The van der Waals surface area contributed by atoms with Gasteiger partial charge in [0.05, 0.1) is 0 Å². The maximum Gasteiger partial charge on any atom is 0.118 e. The molecule has 2 rings (SSSR count). The van der Waals surface area contributed by atoms with Crippen LogP contribution in [0.3, 0.4) is 0 Å². The standard InChI is InChI=1S/C26H46O.C25H44O/c1-2-3-4-5-6-7-8-9-10-11-12-13-14-15-16-17-18-19-22-25-23-20-21-24-26(25)27;1-2-3-4-5-6-7-8-9-10-11-12-13-14-15-16-17-18-21-24-22-19-20-23-25(24)26/h20-21,23-24,27H,2-19,22H2,1H3;19-20,22-23,26H,2-18,21H2,1H3. The predicted molar refractivity (Wildman–Crippen MR) is 237 cm³/mol. The average molecular weight is 735 g/mol. The molecule has 0 spiro atoms. The van der Waals surface area contributed by atoms with E-state index < -0.39 is 0 Å². The molecule has 0 bridgehead atoms. The minimum atomic E-state index is 0.462. The van der Waals surface area contributed by atoms with Gasteiger partial charge in [-0.3, -0.25) is 0 Å². The van der Waals surface area contributed by atoms with Crippen molar-refractivity contribution >= 4 is 0 Å². The van der Waals surface area contributed by atoms with Gasteiger partial charge in [0, 0.05) is 0 Å². The van der Waals surface area contributed by atoms with Crippen molar-refractivity contribution < 1.29 is 10.2 Å². The van der Waals surface area contributed by atoms with E-state index in [1.807, 2.05) is 36.4 Å². The summed E-state index contributed by atoms with van der Waals surface area (Å²) in [6, 6.07) is 15.5. The number of aryl methyl sites for hydroxylation is 2. The maximum absolute atomic E-state index is 9.75. The Balaban J connectivity index is 0.000000530. The van der Waals surface area contributed by atoms with Gasteiger partial charge in [-0.05, 0) is 48.9 Å². The van der Waals surface area contributed by atoms with E-state index >= 15 is 0 Å². The highest BCUT2D eigenvalue weighted by atomic mass is 16.3. The Hall–Kier alpha value is -1.96. The largest absolute Gasteiger partial charge is 0.508 e. The molecule has 2 nitrogen and oxygen atoms in total. The average Bonchev–Trinajstić information content (AvgIpc) is 3.17. The third-order valence-electron chi connectivity index (χ3n) is 11.3. The van der Waals surface area contributed by atoms with Crippen molar-refractivity contribution in [2.24, 2.45) is 0 Å². The van der Waals surface area contributed by atoms with Crippen LogP contribution in [0.25, 0.3) is 0 Å². The quantitative estimate of drug-likeness (QED) is 0.0679. The third kappa shape index (κ3) is 33.1. The van der Waals surface area contributed by atoms with Gasteiger partial charge in [-0.2, -0.15) is 0 Å². The molecule has 2 aromatic carbocycles. The third-order valence-corrected chi connectivity index (χ3v) is 11.3. The fraction of sp³-hybridized carbons (Fsp3) is 0.765. The molecule has 2 heteroatoms. The van der Waals surface area contributed by atoms with Crippen LogP contribution in [-0.2, 0) is 12.8 Å². The number of benzene rings is 2. The molecule has 0 saturated carbocycles. The summed E-state index contributed by atoms with van der Waals surface area (Å²) in [5.41, 5.74) is 2.21. The molecule has 0 fully saturated rings. The van der Waals surface area contributed by atoms with E-state index in [-0.39, 0.29) is 0 Å². The number of aromatic hydroxyl groups is 2. The molecule has 0 atom stereocenters. The fourth-order valence-electron chi connectivity index (χ4n) is 7.70. The lowest BCUT2D eigenvalue weighted by Gasteiger charge is -2.05. The lowest BCUT2D eigenvalue weighted by atomic mass is 10.0. The molecule has 0 aromatic heterocycles. The van der Waals surface area contributed by atoms with Crippen LogP contribution >= 0.6 is 0 Å². The Morgan fingerprint density at radius 2 is 0.453 bits per heavy atom. The number of hydrogen-bond acceptors (Lipinski definition) is 2. The number of unbranched alkanes of at least 4 members (excludes halogenated alkanes) is 33. The van der Waals surface area contributed by atoms with Crippen molar-refractivity contribution in [2.45, 2.75) is 251 Å². The van der Waals surface area contributed by atoms with Gasteiger partial charge >= 0.3 is 0 Å². The van der Waals surface area contributed by atoms with Crippen LogP contribution in [0.2, 0.25) is 0 Å². The van der Waals surface area contributed by atoms with Crippen molar-refractivity contribution in [1.29, 1.82) is 0 Å². The summed E-state index contributed by atoms with van der Waals surface area (Å²) in [5.74, 6) is 0.925. The van der Waals surface area contributed by atoms with Crippen molar-refractivity contribution in [2.75, 3.05) is 0 Å². The molecule has 0 amide bonds. The zero-order chi connectivity index (χ0) is 38.1. The number of phenols is 2. The van der Waals surface area contributed by atoms with E-state index in [1.165, 1.54) is 225 Å². The Labute approximate surface area is 331 Å². The minimum absolute atomic E-state index is 0.462. The van der Waals surface area contributed by atoms with Gasteiger partial charge in [0.15, 0.2) is 0 Å². The first-order valence-corrected chi connectivity index (χ1v) is 23.7. The normalized spacial score (nSPS) is 11.1. The summed E-state index contributed by atoms with van der Waals surface area (Å²) < 4.78 is 0. The number of hydrogen-bond donors (Lipinski definition) is 2. The number of rotatable bonds is 37. The molecule has 0 saturated heterocycles. The molecule has 53 heavy (non-hydrogen) atoms. The van der Waals surface area contributed by atoms with Crippen molar-refractivity contribution in [3.63, 3.8) is 0 Å². The predicted octanol–water partition coefficient (Wildman–Crippen LogP) is 17.6. The summed E-state index contributed by atoms with van der Waals surface area (Å²) in [4.78, 5) is 0. The molecular weight excluding hydrogens is 645 g/mol. The van der Waals surface area contributed by atoms with Crippen molar-refractivity contribution in [1.82, 2.24) is 0 Å². The second kappa shape index (κ2) is 39.7. The summed E-state index contributed by atoms with van der Waals surface area (Å²) in [6.07, 6.45) is 51.4. The summed E-state index contributed by atoms with van der Waals surface area (Å²) >= 11 is 0. The molecule has 0 radical (unpaired) electrons. The van der Waals surface area contributed by atoms with Gasteiger partial charge in [-0.15, -0.1) is 0 Å². The van der Waals surface area contributed by atoms with Gasteiger partial charge in [0.1, 0.15) is 11.5 Å². The van der Waals surface area contributed by atoms with Gasteiger partial charge in [0.25, 0.3) is 0 Å². The lowest BCUT2D eigenvalue weighted by molar-refractivity contribution is 0.465. The highest BCUT2D eigenvalue weighted by molar-refractivity contribution is 5.32. The van der Waals surface area contributed by atoms with Crippen LogP contribution in [0, 0.1) is 0 Å². The molecule has 0 heterocycles. The molecule has 0 unspecified atom stereocenters. The number of phenolic OH excluding ortho intramolecular Hbond substituents is 2. The molecular formula is C51H90O2. The molecule has 0 aliphatic heterocycles. The zero-order valence-corrected chi connectivity index (χ0v) is 35.7. The second-order valence-corrected chi connectivity index (χ2v) is 16.4. The van der Waals surface area contributed by atoms with Crippen LogP contribution in [0.15, 0.2) is 48.5 Å². The molecule has 0 aliphatic rings. The highest BCUT2D eigenvalue weighted by Crippen LogP contribution is 2.21. The minimum Gasteiger partial charge on any atom is -0.508 e. The first kappa shape index (κ1) is 49.1. The van der Waals surface area contributed by atoms with Gasteiger partial charge in [-0.1, -0.05) is 262 Å². The monoisotopic (exact) mass is 735 g/mol. The first-order chi connectivity index (χ1) is 26.2. The van der Waals surface area contributed by atoms with Crippen LogP contribution in [-0.4, -0.2) is 10.2 Å². The van der Waals surface area contributed by atoms with Crippen molar-refractivity contribution in [3.05, 3.63) is 59.7 Å². The molecule has 2 aromatic rings. The van der Waals surface area contributed by atoms with Gasteiger partial charge in [0.2, 0.25) is 0 Å². The lowest BCUT2D eigenvalue weighted by Crippen LogP contribution is -1.87. The zero-order valence-electron chi connectivity index (χ0n) is 35.7. The van der Waals surface area contributed by atoms with E-state index in [2.05, 4.69) is 13.8 Å². The number of para-hydroxylation sites is 2.